The lowest BCUT2D eigenvalue weighted by Gasteiger charge is -2.25. The molecule has 2 N–H and O–H groups in total. The molecular formula is C16H28N4S. The van der Waals surface area contributed by atoms with Crippen LogP contribution in [0.1, 0.15) is 56.0 Å². The molecule has 2 atom stereocenters. The topological polar surface area (TPSA) is 45.4 Å². The molecule has 0 spiro atoms. The first-order valence-corrected chi connectivity index (χ1v) is 9.23. The van der Waals surface area contributed by atoms with Crippen molar-refractivity contribution in [3.05, 3.63) is 10.6 Å². The van der Waals surface area contributed by atoms with Crippen molar-refractivity contribution in [2.45, 2.75) is 58.0 Å². The summed E-state index contributed by atoms with van der Waals surface area (Å²) in [6.07, 6.45) is 5.10. The van der Waals surface area contributed by atoms with Crippen molar-refractivity contribution in [2.24, 2.45) is 5.73 Å². The molecule has 3 heterocycles. The number of hydrogen-bond donors (Lipinski definition) is 1. The Labute approximate surface area is 132 Å². The fourth-order valence-electron chi connectivity index (χ4n) is 3.59. The van der Waals surface area contributed by atoms with Crippen LogP contribution in [0, 0.1) is 0 Å². The molecule has 2 aliphatic heterocycles. The van der Waals surface area contributed by atoms with Gasteiger partial charge in [-0.3, -0.25) is 4.90 Å². The smallest absolute Gasteiger partial charge is 0.185 e. The van der Waals surface area contributed by atoms with Crippen LogP contribution in [0.25, 0.3) is 0 Å². The minimum absolute atomic E-state index is 0.517. The largest absolute Gasteiger partial charge is 0.346 e. The van der Waals surface area contributed by atoms with Crippen LogP contribution in [-0.2, 0) is 6.54 Å². The van der Waals surface area contributed by atoms with E-state index in [4.69, 9.17) is 10.7 Å². The molecule has 2 aliphatic rings. The molecule has 5 heteroatoms. The van der Waals surface area contributed by atoms with Crippen molar-refractivity contribution in [1.29, 1.82) is 0 Å². The van der Waals surface area contributed by atoms with E-state index in [9.17, 15) is 0 Å². The van der Waals surface area contributed by atoms with Gasteiger partial charge >= 0.3 is 0 Å². The highest BCUT2D eigenvalue weighted by Gasteiger charge is 2.30. The summed E-state index contributed by atoms with van der Waals surface area (Å²) in [5, 5.41) is 1.21. The van der Waals surface area contributed by atoms with Crippen LogP contribution in [0.2, 0.25) is 0 Å². The Hall–Kier alpha value is -0.650. The van der Waals surface area contributed by atoms with E-state index in [0.29, 0.717) is 12.5 Å². The first-order valence-electron chi connectivity index (χ1n) is 8.41. The Morgan fingerprint density at radius 3 is 2.90 bits per heavy atom. The van der Waals surface area contributed by atoms with Crippen molar-refractivity contribution in [3.63, 3.8) is 0 Å². The molecule has 0 amide bonds. The normalized spacial score (nSPS) is 24.9. The summed E-state index contributed by atoms with van der Waals surface area (Å²) >= 11 is 1.82. The van der Waals surface area contributed by atoms with Crippen LogP contribution in [0.4, 0.5) is 5.13 Å². The van der Waals surface area contributed by atoms with Crippen LogP contribution < -0.4 is 10.6 Å². The molecule has 3 rings (SSSR count). The van der Waals surface area contributed by atoms with Crippen molar-refractivity contribution in [2.75, 3.05) is 31.1 Å². The number of anilines is 1. The summed E-state index contributed by atoms with van der Waals surface area (Å²) in [4.78, 5) is 11.5. The molecule has 0 aliphatic carbocycles. The Kier molecular flexibility index (Phi) is 4.82. The van der Waals surface area contributed by atoms with E-state index < -0.39 is 0 Å². The number of hydrogen-bond acceptors (Lipinski definition) is 5. The maximum absolute atomic E-state index is 5.95. The molecule has 4 nitrogen and oxygen atoms in total. The standard InChI is InChI=1S/C16H28N4S/c1-3-12(2)15-14(10-17)21-16(18-15)20-9-5-8-19-7-4-6-13(19)11-20/h12-13H,3-11,17H2,1-2H3. The first-order chi connectivity index (χ1) is 10.2. The van der Waals surface area contributed by atoms with Crippen LogP contribution in [0.15, 0.2) is 0 Å². The lowest BCUT2D eigenvalue weighted by atomic mass is 10.0. The highest BCUT2D eigenvalue weighted by molar-refractivity contribution is 7.15. The zero-order valence-corrected chi connectivity index (χ0v) is 14.2. The third-order valence-corrected chi connectivity index (χ3v) is 6.21. The Morgan fingerprint density at radius 2 is 2.14 bits per heavy atom. The van der Waals surface area contributed by atoms with Crippen LogP contribution in [0.5, 0.6) is 0 Å². The van der Waals surface area contributed by atoms with Crippen molar-refractivity contribution < 1.29 is 0 Å². The van der Waals surface area contributed by atoms with Gasteiger partial charge < -0.3 is 10.6 Å². The highest BCUT2D eigenvalue weighted by atomic mass is 32.1. The number of aromatic nitrogens is 1. The Morgan fingerprint density at radius 1 is 1.33 bits per heavy atom. The number of nitrogens with two attached hydrogens (primary N) is 1. The zero-order valence-electron chi connectivity index (χ0n) is 13.3. The summed E-state index contributed by atoms with van der Waals surface area (Å²) in [5.74, 6) is 0.517. The van der Waals surface area contributed by atoms with Crippen LogP contribution >= 0.6 is 11.3 Å². The van der Waals surface area contributed by atoms with Gasteiger partial charge in [-0.05, 0) is 38.1 Å². The fraction of sp³-hybridized carbons (Fsp3) is 0.812. The Balaban J connectivity index is 1.80. The summed E-state index contributed by atoms with van der Waals surface area (Å²) in [6.45, 7) is 9.96. The molecule has 2 unspecified atom stereocenters. The number of thiazole rings is 1. The molecule has 2 fully saturated rings. The predicted molar refractivity (Wildman–Crippen MR) is 90.1 cm³/mol. The van der Waals surface area contributed by atoms with E-state index in [0.717, 1.165) is 25.6 Å². The minimum Gasteiger partial charge on any atom is -0.346 e. The molecule has 2 saturated heterocycles. The summed E-state index contributed by atoms with van der Waals surface area (Å²) in [5.41, 5.74) is 7.19. The van der Waals surface area contributed by atoms with Crippen molar-refractivity contribution >= 4 is 16.5 Å². The summed E-state index contributed by atoms with van der Waals surface area (Å²) in [6, 6.07) is 0.741. The second-order valence-electron chi connectivity index (χ2n) is 6.45. The first kappa shape index (κ1) is 15.3. The van der Waals surface area contributed by atoms with Crippen molar-refractivity contribution in [3.8, 4) is 0 Å². The van der Waals surface area contributed by atoms with Gasteiger partial charge in [-0.1, -0.05) is 13.8 Å². The molecule has 21 heavy (non-hydrogen) atoms. The van der Waals surface area contributed by atoms with Gasteiger partial charge in [-0.25, -0.2) is 4.98 Å². The molecular weight excluding hydrogens is 280 g/mol. The SMILES string of the molecule is CCC(C)c1nc(N2CCCN3CCCC3C2)sc1CN. The van der Waals surface area contributed by atoms with Gasteiger partial charge in [0.25, 0.3) is 0 Å². The molecule has 0 saturated carbocycles. The lowest BCUT2D eigenvalue weighted by molar-refractivity contribution is 0.273. The molecule has 0 radical (unpaired) electrons. The summed E-state index contributed by atoms with van der Waals surface area (Å²) < 4.78 is 0. The quantitative estimate of drug-likeness (QED) is 0.929. The van der Waals surface area contributed by atoms with E-state index >= 15 is 0 Å². The molecule has 0 bridgehead atoms. The molecule has 0 aromatic carbocycles. The maximum atomic E-state index is 5.95. The predicted octanol–water partition coefficient (Wildman–Crippen LogP) is 2.79. The van der Waals surface area contributed by atoms with E-state index in [1.54, 1.807) is 0 Å². The fourth-order valence-corrected chi connectivity index (χ4v) is 4.68. The number of rotatable bonds is 4. The average molecular weight is 308 g/mol. The van der Waals surface area contributed by atoms with E-state index in [-0.39, 0.29) is 0 Å². The molecule has 1 aromatic heterocycles. The van der Waals surface area contributed by atoms with Gasteiger partial charge in [0.2, 0.25) is 0 Å². The third-order valence-electron chi connectivity index (χ3n) is 5.05. The Bertz CT molecular complexity index is 473. The molecule has 118 valence electrons. The third kappa shape index (κ3) is 3.10. The van der Waals surface area contributed by atoms with Gasteiger partial charge in [-0.2, -0.15) is 0 Å². The van der Waals surface area contributed by atoms with Crippen molar-refractivity contribution in [1.82, 2.24) is 9.88 Å². The second-order valence-corrected chi connectivity index (χ2v) is 7.51. The maximum Gasteiger partial charge on any atom is 0.185 e. The lowest BCUT2D eigenvalue weighted by Crippen LogP contribution is -2.36. The molecule has 1 aromatic rings. The van der Waals surface area contributed by atoms with Crippen LogP contribution in [-0.4, -0.2) is 42.1 Å². The van der Waals surface area contributed by atoms with E-state index in [1.807, 2.05) is 11.3 Å². The highest BCUT2D eigenvalue weighted by Crippen LogP contribution is 2.33. The number of fused-ring (bicyclic) bond motifs is 1. The van der Waals surface area contributed by atoms with Gasteiger partial charge in [-0.15, -0.1) is 11.3 Å². The van der Waals surface area contributed by atoms with E-state index in [1.165, 1.54) is 48.1 Å². The second kappa shape index (κ2) is 6.63. The van der Waals surface area contributed by atoms with Gasteiger partial charge in [0.1, 0.15) is 0 Å². The average Bonchev–Trinajstić information content (AvgIpc) is 3.08. The summed E-state index contributed by atoms with van der Waals surface area (Å²) in [7, 11) is 0. The monoisotopic (exact) mass is 308 g/mol. The van der Waals surface area contributed by atoms with Gasteiger partial charge in [0, 0.05) is 37.1 Å². The van der Waals surface area contributed by atoms with Gasteiger partial charge in [0.05, 0.1) is 5.69 Å². The van der Waals surface area contributed by atoms with Gasteiger partial charge in [0.15, 0.2) is 5.13 Å². The zero-order chi connectivity index (χ0) is 14.8. The number of nitrogens with zero attached hydrogens (tertiary/aromatic N) is 3. The van der Waals surface area contributed by atoms with Crippen LogP contribution in [0.3, 0.4) is 0 Å². The van der Waals surface area contributed by atoms with E-state index in [2.05, 4.69) is 23.6 Å². The minimum atomic E-state index is 0.517.